The highest BCUT2D eigenvalue weighted by atomic mass is 16.5. The molecule has 0 heterocycles. The zero-order chi connectivity index (χ0) is 9.84. The van der Waals surface area contributed by atoms with Crippen molar-refractivity contribution in [2.45, 2.75) is 20.0 Å². The highest BCUT2D eigenvalue weighted by Gasteiger charge is 2.11. The summed E-state index contributed by atoms with van der Waals surface area (Å²) in [5.74, 6) is -0.374. The van der Waals surface area contributed by atoms with Gasteiger partial charge in [-0.15, -0.1) is 0 Å². The Morgan fingerprint density at radius 3 is 2.38 bits per heavy atom. The predicted octanol–water partition coefficient (Wildman–Crippen LogP) is 1.85. The van der Waals surface area contributed by atoms with Crippen LogP contribution in [0, 0.1) is 6.92 Å². The molecule has 0 aliphatic carbocycles. The number of carboxylic acids is 1. The normalized spacial score (nSPS) is 12.2. The van der Waals surface area contributed by atoms with Gasteiger partial charge in [-0.1, -0.05) is 17.7 Å². The van der Waals surface area contributed by atoms with Crippen LogP contribution in [0.15, 0.2) is 24.3 Å². The second-order valence-corrected chi connectivity index (χ2v) is 2.91. The molecular weight excluding hydrogens is 168 g/mol. The average molecular weight is 180 g/mol. The third kappa shape index (κ3) is 2.78. The van der Waals surface area contributed by atoms with E-state index in [-0.39, 0.29) is 0 Å². The second-order valence-electron chi connectivity index (χ2n) is 2.91. The van der Waals surface area contributed by atoms with E-state index in [9.17, 15) is 4.79 Å². The summed E-state index contributed by atoms with van der Waals surface area (Å²) in [6.07, 6.45) is -0.803. The molecule has 1 aromatic carbocycles. The fourth-order valence-corrected chi connectivity index (χ4v) is 0.871. The molecule has 1 rings (SSSR count). The van der Waals surface area contributed by atoms with Crippen molar-refractivity contribution in [3.8, 4) is 5.75 Å². The quantitative estimate of drug-likeness (QED) is 0.772. The summed E-state index contributed by atoms with van der Waals surface area (Å²) in [5, 5.41) is 8.57. The van der Waals surface area contributed by atoms with Crippen LogP contribution < -0.4 is 4.74 Å². The summed E-state index contributed by atoms with van der Waals surface area (Å²) in [5.41, 5.74) is 1.12. The van der Waals surface area contributed by atoms with Crippen molar-refractivity contribution < 1.29 is 14.6 Å². The Morgan fingerprint density at radius 1 is 1.38 bits per heavy atom. The predicted molar refractivity (Wildman–Crippen MR) is 48.9 cm³/mol. The van der Waals surface area contributed by atoms with Crippen molar-refractivity contribution in [1.29, 1.82) is 0 Å². The molecule has 13 heavy (non-hydrogen) atoms. The molecule has 0 amide bonds. The first kappa shape index (κ1) is 9.58. The number of rotatable bonds is 3. The topological polar surface area (TPSA) is 46.5 Å². The van der Waals surface area contributed by atoms with Crippen molar-refractivity contribution in [2.75, 3.05) is 0 Å². The molecule has 0 aromatic heterocycles. The Labute approximate surface area is 77.0 Å². The number of aliphatic carboxylic acids is 1. The molecule has 0 saturated heterocycles. The molecule has 70 valence electrons. The van der Waals surface area contributed by atoms with Gasteiger partial charge in [0.2, 0.25) is 0 Å². The molecule has 3 nitrogen and oxygen atoms in total. The molecular formula is C10H12O3. The van der Waals surface area contributed by atoms with Crippen LogP contribution >= 0.6 is 0 Å². The Kier molecular flexibility index (Phi) is 2.90. The van der Waals surface area contributed by atoms with E-state index in [1.165, 1.54) is 6.92 Å². The summed E-state index contributed by atoms with van der Waals surface area (Å²) < 4.78 is 5.13. The van der Waals surface area contributed by atoms with Gasteiger partial charge in [-0.3, -0.25) is 0 Å². The minimum atomic E-state index is -0.958. The zero-order valence-electron chi connectivity index (χ0n) is 7.65. The van der Waals surface area contributed by atoms with E-state index in [1.807, 2.05) is 19.1 Å². The summed E-state index contributed by atoms with van der Waals surface area (Å²) in [7, 11) is 0. The summed E-state index contributed by atoms with van der Waals surface area (Å²) >= 11 is 0. The van der Waals surface area contributed by atoms with Crippen LogP contribution in [0.25, 0.3) is 0 Å². The minimum absolute atomic E-state index is 0.584. The van der Waals surface area contributed by atoms with E-state index >= 15 is 0 Å². The van der Waals surface area contributed by atoms with E-state index in [4.69, 9.17) is 9.84 Å². The van der Waals surface area contributed by atoms with Gasteiger partial charge in [0.05, 0.1) is 0 Å². The Balaban J connectivity index is 2.64. The molecule has 1 N–H and O–H groups in total. The van der Waals surface area contributed by atoms with E-state index in [2.05, 4.69) is 0 Å². The van der Waals surface area contributed by atoms with E-state index in [0.717, 1.165) is 5.56 Å². The van der Waals surface area contributed by atoms with Crippen LogP contribution in [0.4, 0.5) is 0 Å². The molecule has 0 spiro atoms. The minimum Gasteiger partial charge on any atom is -0.479 e. The summed E-state index contributed by atoms with van der Waals surface area (Å²) in [6, 6.07) is 7.28. The first-order valence-corrected chi connectivity index (χ1v) is 4.05. The smallest absolute Gasteiger partial charge is 0.344 e. The van der Waals surface area contributed by atoms with Crippen LogP contribution in [0.3, 0.4) is 0 Å². The van der Waals surface area contributed by atoms with Gasteiger partial charge >= 0.3 is 5.97 Å². The first-order valence-electron chi connectivity index (χ1n) is 4.05. The second kappa shape index (κ2) is 3.94. The van der Waals surface area contributed by atoms with Gasteiger partial charge in [0.15, 0.2) is 6.10 Å². The fourth-order valence-electron chi connectivity index (χ4n) is 0.871. The maximum absolute atomic E-state index is 10.4. The number of carboxylic acid groups (broad SMARTS) is 1. The molecule has 0 bridgehead atoms. The number of aryl methyl sites for hydroxylation is 1. The lowest BCUT2D eigenvalue weighted by atomic mass is 10.2. The van der Waals surface area contributed by atoms with Crippen LogP contribution in [0.2, 0.25) is 0 Å². The SMILES string of the molecule is Cc1ccc(O[C@@H](C)C(=O)O)cc1. The van der Waals surface area contributed by atoms with Gasteiger partial charge in [0.1, 0.15) is 5.75 Å². The number of benzene rings is 1. The fraction of sp³-hybridized carbons (Fsp3) is 0.300. The van der Waals surface area contributed by atoms with Gasteiger partial charge in [0, 0.05) is 0 Å². The molecule has 1 atom stereocenters. The van der Waals surface area contributed by atoms with Crippen molar-refractivity contribution >= 4 is 5.97 Å². The van der Waals surface area contributed by atoms with Gasteiger partial charge in [-0.05, 0) is 26.0 Å². The Hall–Kier alpha value is -1.51. The highest BCUT2D eigenvalue weighted by molar-refractivity contribution is 5.72. The van der Waals surface area contributed by atoms with Crippen molar-refractivity contribution in [3.05, 3.63) is 29.8 Å². The van der Waals surface area contributed by atoms with E-state index < -0.39 is 12.1 Å². The third-order valence-corrected chi connectivity index (χ3v) is 1.68. The largest absolute Gasteiger partial charge is 0.479 e. The molecule has 0 unspecified atom stereocenters. The van der Waals surface area contributed by atoms with E-state index in [0.29, 0.717) is 5.75 Å². The molecule has 1 aromatic rings. The lowest BCUT2D eigenvalue weighted by molar-refractivity contribution is -0.144. The lowest BCUT2D eigenvalue weighted by Crippen LogP contribution is -2.22. The summed E-state index contributed by atoms with van der Waals surface area (Å²) in [4.78, 5) is 10.4. The summed E-state index contributed by atoms with van der Waals surface area (Å²) in [6.45, 7) is 3.46. The van der Waals surface area contributed by atoms with E-state index in [1.54, 1.807) is 12.1 Å². The monoisotopic (exact) mass is 180 g/mol. The van der Waals surface area contributed by atoms with Crippen LogP contribution in [0.1, 0.15) is 12.5 Å². The molecule has 0 saturated carbocycles. The molecule has 0 aliphatic heterocycles. The van der Waals surface area contributed by atoms with Gasteiger partial charge in [0.25, 0.3) is 0 Å². The highest BCUT2D eigenvalue weighted by Crippen LogP contribution is 2.13. The number of hydrogen-bond donors (Lipinski definition) is 1. The van der Waals surface area contributed by atoms with Gasteiger partial charge in [-0.2, -0.15) is 0 Å². The van der Waals surface area contributed by atoms with Gasteiger partial charge in [-0.25, -0.2) is 4.79 Å². The van der Waals surface area contributed by atoms with Crippen molar-refractivity contribution in [1.82, 2.24) is 0 Å². The number of ether oxygens (including phenoxy) is 1. The maximum atomic E-state index is 10.4. The standard InChI is InChI=1S/C10H12O3/c1-7-3-5-9(6-4-7)13-8(2)10(11)12/h3-6,8H,1-2H3,(H,11,12)/t8-/m0/s1. The zero-order valence-corrected chi connectivity index (χ0v) is 7.65. The first-order chi connectivity index (χ1) is 6.09. The molecule has 3 heteroatoms. The Bertz CT molecular complexity index is 290. The van der Waals surface area contributed by atoms with Crippen LogP contribution in [0.5, 0.6) is 5.75 Å². The maximum Gasteiger partial charge on any atom is 0.344 e. The lowest BCUT2D eigenvalue weighted by Gasteiger charge is -2.09. The Morgan fingerprint density at radius 2 is 1.92 bits per heavy atom. The van der Waals surface area contributed by atoms with Crippen molar-refractivity contribution in [3.63, 3.8) is 0 Å². The van der Waals surface area contributed by atoms with Crippen molar-refractivity contribution in [2.24, 2.45) is 0 Å². The molecule has 0 aliphatic rings. The average Bonchev–Trinajstić information content (AvgIpc) is 2.08. The number of carbonyl (C=O) groups is 1. The molecule has 0 radical (unpaired) electrons. The van der Waals surface area contributed by atoms with Gasteiger partial charge < -0.3 is 9.84 Å². The third-order valence-electron chi connectivity index (χ3n) is 1.68. The molecule has 0 fully saturated rings. The van der Waals surface area contributed by atoms with Crippen LogP contribution in [-0.2, 0) is 4.79 Å². The number of hydrogen-bond acceptors (Lipinski definition) is 2. The van der Waals surface area contributed by atoms with Crippen LogP contribution in [-0.4, -0.2) is 17.2 Å².